The fourth-order valence-corrected chi connectivity index (χ4v) is 12.1. The molecule has 7 unspecified atom stereocenters. The average Bonchev–Trinajstić information content (AvgIpc) is 3.34. The number of ketones is 2. The lowest BCUT2D eigenvalue weighted by molar-refractivity contribution is -0.215. The van der Waals surface area contributed by atoms with E-state index in [9.17, 15) is 19.1 Å². The zero-order valence-corrected chi connectivity index (χ0v) is 37.9. The normalized spacial score (nSPS) is 32.6. The van der Waals surface area contributed by atoms with Gasteiger partial charge in [0.05, 0.1) is 30.3 Å². The molecular weight excluding hydrogens is 799 g/mol. The first-order chi connectivity index (χ1) is 28.7. The van der Waals surface area contributed by atoms with Crippen LogP contribution in [0, 0.1) is 17.8 Å². The molecule has 7 atom stereocenters. The van der Waals surface area contributed by atoms with E-state index in [0.717, 1.165) is 24.8 Å². The molecular formula is C47H63N2O11P. The second kappa shape index (κ2) is 15.9. The molecule has 5 aliphatic heterocycles. The van der Waals surface area contributed by atoms with Gasteiger partial charge in [-0.3, -0.25) is 29.1 Å². The van der Waals surface area contributed by atoms with Gasteiger partial charge in [-0.2, -0.15) is 0 Å². The van der Waals surface area contributed by atoms with Crippen molar-refractivity contribution in [2.24, 2.45) is 17.8 Å². The number of likely N-dealkylation sites (tertiary alicyclic amines) is 1. The minimum absolute atomic E-state index is 0.00434. The summed E-state index contributed by atoms with van der Waals surface area (Å²) < 4.78 is 46.1. The minimum atomic E-state index is -5.27. The molecule has 0 aromatic heterocycles. The number of hydrogen-bond donors (Lipinski definition) is 2. The van der Waals surface area contributed by atoms with Crippen LogP contribution >= 0.6 is 7.82 Å². The van der Waals surface area contributed by atoms with Crippen molar-refractivity contribution in [3.63, 3.8) is 0 Å². The van der Waals surface area contributed by atoms with Crippen LogP contribution in [-0.2, 0) is 30.0 Å². The predicted octanol–water partition coefficient (Wildman–Crippen LogP) is 7.32. The first-order valence-corrected chi connectivity index (χ1v) is 23.6. The van der Waals surface area contributed by atoms with Crippen molar-refractivity contribution in [3.05, 3.63) is 57.7 Å². The molecule has 0 radical (unpaired) electrons. The number of allylic oxidation sites excluding steroid dienone is 4. The molecule has 13 nitrogen and oxygen atoms in total. The maximum absolute atomic E-state index is 16.1. The Kier molecular flexibility index (Phi) is 11.5. The van der Waals surface area contributed by atoms with Gasteiger partial charge in [-0.25, -0.2) is 4.57 Å². The van der Waals surface area contributed by atoms with Gasteiger partial charge in [-0.05, 0) is 112 Å². The van der Waals surface area contributed by atoms with E-state index in [1.165, 1.54) is 5.57 Å². The molecule has 1 aromatic carbocycles. The topological polar surface area (TPSA) is 161 Å². The number of Topliss-reactive ketones (excluding diaryl/α,β-unsaturated/α-hetero) is 2. The van der Waals surface area contributed by atoms with Crippen molar-refractivity contribution in [1.82, 2.24) is 9.80 Å². The minimum Gasteiger partial charge on any atom is -0.482 e. The maximum atomic E-state index is 16.1. The number of phosphoric acid groups is 1. The molecule has 6 fully saturated rings. The smallest absolute Gasteiger partial charge is 0.482 e. The summed E-state index contributed by atoms with van der Waals surface area (Å²) in [4.78, 5) is 70.6. The summed E-state index contributed by atoms with van der Waals surface area (Å²) in [7, 11) is -5.27. The van der Waals surface area contributed by atoms with Crippen LogP contribution in [0.2, 0.25) is 0 Å². The van der Waals surface area contributed by atoms with E-state index in [0.29, 0.717) is 75.5 Å². The molecule has 332 valence electrons. The van der Waals surface area contributed by atoms with Gasteiger partial charge in [0.2, 0.25) is 5.91 Å². The number of amides is 1. The Bertz CT molecular complexity index is 2170. The Balaban J connectivity index is 1.38. The number of nitrogens with zero attached hydrogens (tertiary/aromatic N) is 2. The van der Waals surface area contributed by atoms with E-state index in [-0.39, 0.29) is 47.2 Å². The van der Waals surface area contributed by atoms with Gasteiger partial charge in [-0.15, -0.1) is 0 Å². The van der Waals surface area contributed by atoms with E-state index in [4.69, 9.17) is 23.5 Å². The Labute approximate surface area is 359 Å². The average molecular weight is 863 g/mol. The molecule has 1 amide bonds. The fourth-order valence-electron chi connectivity index (χ4n) is 11.6. The number of morpholine rings is 1. The summed E-state index contributed by atoms with van der Waals surface area (Å²) in [5, 5.41) is 0. The van der Waals surface area contributed by atoms with Gasteiger partial charge >= 0.3 is 7.82 Å². The van der Waals surface area contributed by atoms with Crippen molar-refractivity contribution < 1.29 is 52.2 Å². The van der Waals surface area contributed by atoms with Crippen LogP contribution in [0.3, 0.4) is 0 Å². The van der Waals surface area contributed by atoms with Crippen molar-refractivity contribution in [1.29, 1.82) is 0 Å². The number of piperidine rings is 1. The van der Waals surface area contributed by atoms with Crippen LogP contribution in [-0.4, -0.2) is 105 Å². The van der Waals surface area contributed by atoms with Gasteiger partial charge in [0.25, 0.3) is 0 Å². The molecule has 1 aromatic rings. The first-order valence-electron chi connectivity index (χ1n) is 22.1. The summed E-state index contributed by atoms with van der Waals surface area (Å²) in [6, 6.07) is -0.621. The molecule has 3 aliphatic carbocycles. The zero-order valence-electron chi connectivity index (χ0n) is 37.0. The molecule has 61 heavy (non-hydrogen) atoms. The number of carbonyl (C=O) groups excluding carboxylic acids is 3. The zero-order chi connectivity index (χ0) is 43.9. The second-order valence-electron chi connectivity index (χ2n) is 19.5. The van der Waals surface area contributed by atoms with Crippen LogP contribution in [0.1, 0.15) is 122 Å². The Morgan fingerprint density at radius 1 is 0.934 bits per heavy atom. The van der Waals surface area contributed by atoms with E-state index in [1.54, 1.807) is 19.1 Å². The van der Waals surface area contributed by atoms with E-state index in [1.807, 2.05) is 65.5 Å². The predicted molar refractivity (Wildman–Crippen MR) is 230 cm³/mol. The third kappa shape index (κ3) is 7.38. The highest BCUT2D eigenvalue weighted by molar-refractivity contribution is 7.46. The van der Waals surface area contributed by atoms with E-state index in [2.05, 4.69) is 11.0 Å². The van der Waals surface area contributed by atoms with Crippen molar-refractivity contribution in [2.45, 2.75) is 135 Å². The summed E-state index contributed by atoms with van der Waals surface area (Å²) in [5.41, 5.74) is -1.68. The van der Waals surface area contributed by atoms with Gasteiger partial charge in [0.15, 0.2) is 28.5 Å². The molecule has 2 N–H and O–H groups in total. The molecule has 8 aliphatic rings. The first kappa shape index (κ1) is 44.0. The highest BCUT2D eigenvalue weighted by Gasteiger charge is 2.86. The van der Waals surface area contributed by atoms with Crippen LogP contribution in [0.15, 0.2) is 41.0 Å². The van der Waals surface area contributed by atoms with Crippen LogP contribution < -0.4 is 14.0 Å². The number of carbonyl (C=O) groups is 3. The van der Waals surface area contributed by atoms with Crippen molar-refractivity contribution in [3.8, 4) is 17.2 Å². The molecule has 3 saturated heterocycles. The standard InChI is InChI=1S/C47H63N2O11P/c1-28(2)13-12-18-45(8)19-17-32-39(57-45)31(15-14-29(3)4)40-35(41(32)59-61(53,54)55)38(50)36-37(48-23-25-56-26-24-48)33-27-34-44(6,7)60-46(42(33)51,47(34,36)58-40)20-16-30(5)43(52)49-21-10-9-11-22-49/h13-14,16-17,19,33-34,36-37H,9-12,15,18,20-27H2,1-8H3,(H2,53,54,55)/b30-16-. The Morgan fingerprint density at radius 2 is 1.62 bits per heavy atom. The van der Waals surface area contributed by atoms with E-state index < -0.39 is 59.8 Å². The number of ether oxygens (including phenoxy) is 4. The number of hydrogen-bond acceptors (Lipinski definition) is 10. The Hall–Kier alpha value is -3.58. The lowest BCUT2D eigenvalue weighted by atomic mass is 9.44. The van der Waals surface area contributed by atoms with Crippen LogP contribution in [0.5, 0.6) is 17.2 Å². The largest absolute Gasteiger partial charge is 0.524 e. The van der Waals surface area contributed by atoms with Crippen LogP contribution in [0.25, 0.3) is 6.08 Å². The number of phosphoric ester groups is 1. The lowest BCUT2D eigenvalue weighted by Crippen LogP contribution is -2.82. The van der Waals surface area contributed by atoms with Crippen molar-refractivity contribution >= 4 is 31.4 Å². The summed E-state index contributed by atoms with van der Waals surface area (Å²) in [5.74, 6) is -2.69. The number of benzene rings is 1. The molecule has 9 rings (SSSR count). The van der Waals surface area contributed by atoms with Gasteiger partial charge < -0.3 is 28.4 Å². The summed E-state index contributed by atoms with van der Waals surface area (Å²) in [6.45, 7) is 18.8. The number of fused-ring (bicyclic) bond motifs is 2. The van der Waals surface area contributed by atoms with Gasteiger partial charge in [-0.1, -0.05) is 29.4 Å². The highest BCUT2D eigenvalue weighted by atomic mass is 31.2. The molecule has 14 heteroatoms. The molecule has 3 saturated carbocycles. The third-order valence-electron chi connectivity index (χ3n) is 14.4. The summed E-state index contributed by atoms with van der Waals surface area (Å²) >= 11 is 0. The Morgan fingerprint density at radius 3 is 2.28 bits per heavy atom. The van der Waals surface area contributed by atoms with Gasteiger partial charge in [0, 0.05) is 61.6 Å². The SMILES string of the molecule is CC(C)=CCCC1(C)C=Cc2c(c(CC=C(C)C)c3c(c2OP(=O)(O)O)C(=O)C2C(N4CCOCC4)C4CC5C(C)(C)OC(C/C=C(/C)C(=O)N6CCCCC6)(C4=O)C25O3)O1. The molecule has 5 heterocycles. The molecule has 4 bridgehead atoms. The maximum Gasteiger partial charge on any atom is 0.524 e. The lowest BCUT2D eigenvalue weighted by Gasteiger charge is -2.64. The highest BCUT2D eigenvalue weighted by Crippen LogP contribution is 2.71. The van der Waals surface area contributed by atoms with E-state index >= 15 is 9.59 Å². The monoisotopic (exact) mass is 862 g/mol. The second-order valence-corrected chi connectivity index (χ2v) is 20.7. The fraction of sp³-hybridized carbons (Fsp3) is 0.638. The molecule has 1 spiro atoms. The number of rotatable bonds is 11. The van der Waals surface area contributed by atoms with Crippen molar-refractivity contribution in [2.75, 3.05) is 39.4 Å². The third-order valence-corrected chi connectivity index (χ3v) is 14.8. The van der Waals surface area contributed by atoms with Gasteiger partial charge in [0.1, 0.15) is 22.7 Å². The summed E-state index contributed by atoms with van der Waals surface area (Å²) in [6.07, 6.45) is 14.5. The van der Waals surface area contributed by atoms with Crippen LogP contribution in [0.4, 0.5) is 0 Å². The quantitative estimate of drug-likeness (QED) is 0.130.